The highest BCUT2D eigenvalue weighted by Crippen LogP contribution is 2.26. The van der Waals surface area contributed by atoms with Crippen LogP contribution in [0.25, 0.3) is 0 Å². The Morgan fingerprint density at radius 1 is 1.58 bits per heavy atom. The average Bonchev–Trinajstić information content (AvgIpc) is 2.03. The molecule has 1 nitrogen and oxygen atoms in total. The fraction of sp³-hybridized carbons (Fsp3) is 0.727. The normalized spacial score (nSPS) is 24.0. The zero-order valence-electron chi connectivity index (χ0n) is 8.10. The van der Waals surface area contributed by atoms with Crippen molar-refractivity contribution in [3.63, 3.8) is 0 Å². The summed E-state index contributed by atoms with van der Waals surface area (Å²) in [7, 11) is 0. The first kappa shape index (κ1) is 9.50. The minimum atomic E-state index is 0.320. The van der Waals surface area contributed by atoms with Gasteiger partial charge in [0.15, 0.2) is 5.78 Å². The lowest BCUT2D eigenvalue weighted by atomic mass is 9.85. The molecule has 0 saturated carbocycles. The van der Waals surface area contributed by atoms with E-state index in [0.29, 0.717) is 11.7 Å². The van der Waals surface area contributed by atoms with E-state index in [0.717, 1.165) is 12.8 Å². The molecule has 0 radical (unpaired) electrons. The van der Waals surface area contributed by atoms with Crippen LogP contribution in [0.5, 0.6) is 0 Å². The van der Waals surface area contributed by atoms with Crippen LogP contribution < -0.4 is 0 Å². The molecule has 0 N–H and O–H groups in total. The molecule has 0 aliphatic heterocycles. The number of allylic oxidation sites excluding steroid dienone is 2. The van der Waals surface area contributed by atoms with E-state index in [1.54, 1.807) is 0 Å². The van der Waals surface area contributed by atoms with Crippen LogP contribution in [0.4, 0.5) is 0 Å². The summed E-state index contributed by atoms with van der Waals surface area (Å²) in [6.45, 7) is 4.31. The monoisotopic (exact) mass is 166 g/mol. The van der Waals surface area contributed by atoms with Gasteiger partial charge in [-0.2, -0.15) is 0 Å². The van der Waals surface area contributed by atoms with Crippen LogP contribution >= 0.6 is 0 Å². The molecule has 1 atom stereocenters. The van der Waals surface area contributed by atoms with E-state index in [-0.39, 0.29) is 0 Å². The first-order valence-electron chi connectivity index (χ1n) is 4.95. The Balaban J connectivity index is 2.45. The topological polar surface area (TPSA) is 17.1 Å². The minimum Gasteiger partial charge on any atom is -0.295 e. The quantitative estimate of drug-likeness (QED) is 0.629. The summed E-state index contributed by atoms with van der Waals surface area (Å²) in [5, 5.41) is 0. The Morgan fingerprint density at radius 3 is 2.92 bits per heavy atom. The van der Waals surface area contributed by atoms with Gasteiger partial charge in [0.25, 0.3) is 0 Å². The molecule has 1 aliphatic rings. The molecule has 1 heteroatoms. The summed E-state index contributed by atoms with van der Waals surface area (Å²) in [5.41, 5.74) is 1.31. The van der Waals surface area contributed by atoms with Crippen molar-refractivity contribution in [2.24, 2.45) is 5.92 Å². The van der Waals surface area contributed by atoms with E-state index in [1.807, 2.05) is 6.08 Å². The zero-order valence-corrected chi connectivity index (χ0v) is 8.10. The van der Waals surface area contributed by atoms with E-state index in [4.69, 9.17) is 0 Å². The van der Waals surface area contributed by atoms with Crippen LogP contribution in [0.3, 0.4) is 0 Å². The van der Waals surface area contributed by atoms with Crippen molar-refractivity contribution < 1.29 is 4.79 Å². The molecule has 0 saturated heterocycles. The van der Waals surface area contributed by atoms with E-state index < -0.39 is 0 Å². The van der Waals surface area contributed by atoms with Crippen LogP contribution in [0.15, 0.2) is 11.6 Å². The first-order valence-corrected chi connectivity index (χ1v) is 4.95. The van der Waals surface area contributed by atoms with Gasteiger partial charge in [0, 0.05) is 6.42 Å². The third kappa shape index (κ3) is 2.47. The van der Waals surface area contributed by atoms with Gasteiger partial charge in [-0.25, -0.2) is 0 Å². The second kappa shape index (κ2) is 4.44. The van der Waals surface area contributed by atoms with Crippen LogP contribution in [0, 0.1) is 5.92 Å². The smallest absolute Gasteiger partial charge is 0.155 e. The second-order valence-corrected chi connectivity index (χ2v) is 3.73. The lowest BCUT2D eigenvalue weighted by Crippen LogP contribution is -2.12. The molecule has 0 spiro atoms. The number of carbonyl (C=O) groups is 1. The average molecular weight is 166 g/mol. The highest BCUT2D eigenvalue weighted by Gasteiger charge is 2.17. The van der Waals surface area contributed by atoms with Gasteiger partial charge in [0.05, 0.1) is 0 Å². The molecule has 0 heterocycles. The Morgan fingerprint density at radius 2 is 2.33 bits per heavy atom. The molecule has 0 fully saturated rings. The van der Waals surface area contributed by atoms with Crippen molar-refractivity contribution in [2.45, 2.75) is 46.0 Å². The molecule has 0 aromatic rings. The molecule has 68 valence electrons. The molecule has 12 heavy (non-hydrogen) atoms. The number of rotatable bonds is 3. The predicted octanol–water partition coefficient (Wildman–Crippen LogP) is 3.10. The van der Waals surface area contributed by atoms with Crippen molar-refractivity contribution >= 4 is 5.78 Å². The van der Waals surface area contributed by atoms with Gasteiger partial charge < -0.3 is 0 Å². The summed E-state index contributed by atoms with van der Waals surface area (Å²) >= 11 is 0. The fourth-order valence-electron chi connectivity index (χ4n) is 1.81. The van der Waals surface area contributed by atoms with Gasteiger partial charge in [-0.15, -0.1) is 0 Å². The van der Waals surface area contributed by atoms with Crippen LogP contribution in [-0.2, 0) is 4.79 Å². The van der Waals surface area contributed by atoms with Gasteiger partial charge in [0.1, 0.15) is 0 Å². The molecule has 0 amide bonds. The first-order chi connectivity index (χ1) is 5.74. The standard InChI is InChI=1S/C11H18O/c1-3-4-5-10-6-7-11(12)8-9(10)2/h8,10H,3-7H2,1-2H3. The summed E-state index contributed by atoms with van der Waals surface area (Å²) in [4.78, 5) is 11.0. The molecular formula is C11H18O. The maximum Gasteiger partial charge on any atom is 0.155 e. The SMILES string of the molecule is CCCCC1CCC(=O)C=C1C. The third-order valence-electron chi connectivity index (χ3n) is 2.68. The largest absolute Gasteiger partial charge is 0.295 e. The van der Waals surface area contributed by atoms with Gasteiger partial charge >= 0.3 is 0 Å². The maximum absolute atomic E-state index is 11.0. The zero-order chi connectivity index (χ0) is 8.97. The van der Waals surface area contributed by atoms with Crippen molar-refractivity contribution in [1.29, 1.82) is 0 Å². The Labute approximate surface area is 74.9 Å². The predicted molar refractivity (Wildman–Crippen MR) is 51.0 cm³/mol. The Bertz CT molecular complexity index is 191. The van der Waals surface area contributed by atoms with Gasteiger partial charge in [-0.05, 0) is 31.8 Å². The Kier molecular flexibility index (Phi) is 3.51. The maximum atomic E-state index is 11.0. The lowest BCUT2D eigenvalue weighted by Gasteiger charge is -2.20. The van der Waals surface area contributed by atoms with E-state index in [1.165, 1.54) is 24.8 Å². The number of carbonyl (C=O) groups excluding carboxylic acids is 1. The summed E-state index contributed by atoms with van der Waals surface area (Å²) in [5.74, 6) is 1.02. The fourth-order valence-corrected chi connectivity index (χ4v) is 1.81. The van der Waals surface area contributed by atoms with Gasteiger partial charge in [-0.1, -0.05) is 25.3 Å². The molecular weight excluding hydrogens is 148 g/mol. The molecule has 0 aromatic carbocycles. The molecule has 0 aromatic heterocycles. The summed E-state index contributed by atoms with van der Waals surface area (Å²) in [6, 6.07) is 0. The second-order valence-electron chi connectivity index (χ2n) is 3.73. The molecule has 0 bridgehead atoms. The highest BCUT2D eigenvalue weighted by atomic mass is 16.1. The van der Waals surface area contributed by atoms with Crippen molar-refractivity contribution in [3.05, 3.63) is 11.6 Å². The van der Waals surface area contributed by atoms with Crippen LogP contribution in [-0.4, -0.2) is 5.78 Å². The highest BCUT2D eigenvalue weighted by molar-refractivity contribution is 5.91. The van der Waals surface area contributed by atoms with Crippen molar-refractivity contribution in [2.75, 3.05) is 0 Å². The van der Waals surface area contributed by atoms with E-state index >= 15 is 0 Å². The van der Waals surface area contributed by atoms with Crippen molar-refractivity contribution in [1.82, 2.24) is 0 Å². The Hall–Kier alpha value is -0.590. The van der Waals surface area contributed by atoms with Crippen LogP contribution in [0.2, 0.25) is 0 Å². The summed E-state index contributed by atoms with van der Waals surface area (Å²) < 4.78 is 0. The molecule has 1 aliphatic carbocycles. The van der Waals surface area contributed by atoms with Crippen molar-refractivity contribution in [3.8, 4) is 0 Å². The minimum absolute atomic E-state index is 0.320. The number of hydrogen-bond donors (Lipinski definition) is 0. The number of hydrogen-bond acceptors (Lipinski definition) is 1. The van der Waals surface area contributed by atoms with Gasteiger partial charge in [-0.3, -0.25) is 4.79 Å². The molecule has 1 rings (SSSR count). The lowest BCUT2D eigenvalue weighted by molar-refractivity contribution is -0.115. The molecule has 1 unspecified atom stereocenters. The van der Waals surface area contributed by atoms with E-state index in [2.05, 4.69) is 13.8 Å². The third-order valence-corrected chi connectivity index (χ3v) is 2.68. The summed E-state index contributed by atoms with van der Waals surface area (Å²) in [6.07, 6.45) is 7.52. The number of unbranched alkanes of at least 4 members (excludes halogenated alkanes) is 1. The van der Waals surface area contributed by atoms with Crippen LogP contribution in [0.1, 0.15) is 46.0 Å². The number of ketones is 1. The van der Waals surface area contributed by atoms with Gasteiger partial charge in [0.2, 0.25) is 0 Å². The van der Waals surface area contributed by atoms with E-state index in [9.17, 15) is 4.79 Å².